The highest BCUT2D eigenvalue weighted by atomic mass is 19.1. The van der Waals surface area contributed by atoms with Crippen molar-refractivity contribution in [2.45, 2.75) is 25.4 Å². The Balaban J connectivity index is 1.90. The van der Waals surface area contributed by atoms with Crippen molar-refractivity contribution in [3.05, 3.63) is 59.7 Å². The maximum Gasteiger partial charge on any atom is 0.146 e. The highest BCUT2D eigenvalue weighted by Gasteiger charge is 2.21. The van der Waals surface area contributed by atoms with E-state index < -0.39 is 0 Å². The van der Waals surface area contributed by atoms with Gasteiger partial charge in [-0.3, -0.25) is 0 Å². The van der Waals surface area contributed by atoms with Crippen LogP contribution < -0.4 is 10.2 Å². The first-order valence-electron chi connectivity index (χ1n) is 7.15. The number of rotatable bonds is 5. The van der Waals surface area contributed by atoms with Crippen LogP contribution in [0.25, 0.3) is 0 Å². The molecule has 1 aliphatic carbocycles. The molecule has 0 amide bonds. The molecule has 1 fully saturated rings. The van der Waals surface area contributed by atoms with Crippen LogP contribution in [0.15, 0.2) is 42.5 Å². The first-order chi connectivity index (χ1) is 10.1. The van der Waals surface area contributed by atoms with Gasteiger partial charge < -0.3 is 10.2 Å². The third kappa shape index (κ3) is 3.22. The Labute approximate surface area is 123 Å². The molecule has 2 aromatic rings. The molecule has 2 aromatic carbocycles. The fraction of sp³-hybridized carbons (Fsp3) is 0.294. The van der Waals surface area contributed by atoms with E-state index in [1.807, 2.05) is 0 Å². The lowest BCUT2D eigenvalue weighted by Gasteiger charge is -2.23. The zero-order chi connectivity index (χ0) is 14.8. The van der Waals surface area contributed by atoms with Gasteiger partial charge in [0.25, 0.3) is 0 Å². The van der Waals surface area contributed by atoms with Gasteiger partial charge in [-0.2, -0.15) is 0 Å². The lowest BCUT2D eigenvalue weighted by Crippen LogP contribution is -2.19. The van der Waals surface area contributed by atoms with Crippen molar-refractivity contribution >= 4 is 11.4 Å². The van der Waals surface area contributed by atoms with Gasteiger partial charge in [0, 0.05) is 25.3 Å². The van der Waals surface area contributed by atoms with Gasteiger partial charge in [-0.25, -0.2) is 8.78 Å². The number of nitrogens with one attached hydrogen (secondary N) is 1. The van der Waals surface area contributed by atoms with Crippen LogP contribution in [0.5, 0.6) is 0 Å². The predicted octanol–water partition coefficient (Wildman–Crippen LogP) is 3.98. The number of hydrogen-bond acceptors (Lipinski definition) is 2. The van der Waals surface area contributed by atoms with Crippen LogP contribution in [0, 0.1) is 11.6 Å². The topological polar surface area (TPSA) is 15.3 Å². The molecule has 1 aliphatic rings. The summed E-state index contributed by atoms with van der Waals surface area (Å²) in [5.41, 5.74) is 2.14. The molecule has 0 atom stereocenters. The molecule has 1 N–H and O–H groups in total. The standard InChI is InChI=1S/C17H18F2N2/c1-21(17-5-3-2-4-15(17)19)16-9-6-13(18)10-12(16)11-20-14-7-8-14/h2-6,9-10,14,20H,7-8,11H2,1H3. The van der Waals surface area contributed by atoms with E-state index in [0.29, 0.717) is 18.3 Å². The molecule has 0 spiro atoms. The monoisotopic (exact) mass is 288 g/mol. The lowest BCUT2D eigenvalue weighted by atomic mass is 10.1. The van der Waals surface area contributed by atoms with Gasteiger partial charge in [-0.05, 0) is 48.7 Å². The Hall–Kier alpha value is -1.94. The summed E-state index contributed by atoms with van der Waals surface area (Å²) in [6.07, 6.45) is 2.35. The number of benzene rings is 2. The molecule has 0 heterocycles. The van der Waals surface area contributed by atoms with Crippen LogP contribution in [0.1, 0.15) is 18.4 Å². The molecule has 0 radical (unpaired) electrons. The molecule has 0 bridgehead atoms. The van der Waals surface area contributed by atoms with Gasteiger partial charge >= 0.3 is 0 Å². The Kier molecular flexibility index (Phi) is 3.88. The maximum atomic E-state index is 13.9. The van der Waals surface area contributed by atoms with Crippen molar-refractivity contribution in [1.82, 2.24) is 5.32 Å². The quantitative estimate of drug-likeness (QED) is 0.895. The highest BCUT2D eigenvalue weighted by molar-refractivity contribution is 5.66. The van der Waals surface area contributed by atoms with Crippen LogP contribution in [0.2, 0.25) is 0 Å². The van der Waals surface area contributed by atoms with E-state index in [1.165, 1.54) is 31.0 Å². The van der Waals surface area contributed by atoms with Crippen molar-refractivity contribution in [2.75, 3.05) is 11.9 Å². The van der Waals surface area contributed by atoms with Gasteiger partial charge in [0.2, 0.25) is 0 Å². The first kappa shape index (κ1) is 14.0. The third-order valence-corrected chi connectivity index (χ3v) is 3.78. The van der Waals surface area contributed by atoms with Gasteiger partial charge in [0.15, 0.2) is 0 Å². The van der Waals surface area contributed by atoms with Gasteiger partial charge in [0.1, 0.15) is 11.6 Å². The zero-order valence-electron chi connectivity index (χ0n) is 11.9. The molecule has 0 saturated heterocycles. The number of para-hydroxylation sites is 1. The van der Waals surface area contributed by atoms with Crippen LogP contribution in [0.3, 0.4) is 0 Å². The van der Waals surface area contributed by atoms with E-state index in [1.54, 1.807) is 36.2 Å². The fourth-order valence-corrected chi connectivity index (χ4v) is 2.42. The summed E-state index contributed by atoms with van der Waals surface area (Å²) < 4.78 is 27.4. The van der Waals surface area contributed by atoms with Crippen LogP contribution in [-0.4, -0.2) is 13.1 Å². The van der Waals surface area contributed by atoms with Crippen LogP contribution >= 0.6 is 0 Å². The zero-order valence-corrected chi connectivity index (χ0v) is 11.9. The molecule has 0 aliphatic heterocycles. The second kappa shape index (κ2) is 5.82. The normalized spacial score (nSPS) is 14.2. The smallest absolute Gasteiger partial charge is 0.146 e. The Morgan fingerprint density at radius 3 is 2.57 bits per heavy atom. The second-order valence-corrected chi connectivity index (χ2v) is 5.44. The molecule has 3 rings (SSSR count). The maximum absolute atomic E-state index is 13.9. The van der Waals surface area contributed by atoms with Crippen molar-refractivity contribution in [3.8, 4) is 0 Å². The van der Waals surface area contributed by atoms with Gasteiger partial charge in [-0.1, -0.05) is 12.1 Å². The largest absolute Gasteiger partial charge is 0.342 e. The number of nitrogens with zero attached hydrogens (tertiary/aromatic N) is 1. The van der Waals surface area contributed by atoms with Crippen LogP contribution in [0.4, 0.5) is 20.2 Å². The molecule has 2 nitrogen and oxygen atoms in total. The average molecular weight is 288 g/mol. The second-order valence-electron chi connectivity index (χ2n) is 5.44. The Morgan fingerprint density at radius 1 is 1.10 bits per heavy atom. The molecule has 0 aromatic heterocycles. The highest BCUT2D eigenvalue weighted by Crippen LogP contribution is 2.30. The van der Waals surface area contributed by atoms with Gasteiger partial charge in [0.05, 0.1) is 5.69 Å². The Morgan fingerprint density at radius 2 is 1.86 bits per heavy atom. The van der Waals surface area contributed by atoms with E-state index >= 15 is 0 Å². The van der Waals surface area contributed by atoms with Crippen LogP contribution in [-0.2, 0) is 6.54 Å². The number of halogens is 2. The SMILES string of the molecule is CN(c1ccccc1F)c1ccc(F)cc1CNC1CC1. The van der Waals surface area contributed by atoms with Crippen molar-refractivity contribution in [2.24, 2.45) is 0 Å². The molecular weight excluding hydrogens is 270 g/mol. The Bertz CT molecular complexity index is 638. The summed E-state index contributed by atoms with van der Waals surface area (Å²) in [5, 5.41) is 3.37. The number of anilines is 2. The van der Waals surface area contributed by atoms with Crippen molar-refractivity contribution in [3.63, 3.8) is 0 Å². The fourth-order valence-electron chi connectivity index (χ4n) is 2.42. The van der Waals surface area contributed by atoms with Crippen molar-refractivity contribution < 1.29 is 8.78 Å². The minimum absolute atomic E-state index is 0.270. The molecule has 4 heteroatoms. The third-order valence-electron chi connectivity index (χ3n) is 3.78. The van der Waals surface area contributed by atoms with E-state index in [0.717, 1.165) is 11.3 Å². The minimum atomic E-state index is -0.287. The van der Waals surface area contributed by atoms with Gasteiger partial charge in [-0.15, -0.1) is 0 Å². The average Bonchev–Trinajstić information content (AvgIpc) is 3.29. The molecule has 1 saturated carbocycles. The summed E-state index contributed by atoms with van der Waals surface area (Å²) in [5.74, 6) is -0.557. The number of hydrogen-bond donors (Lipinski definition) is 1. The lowest BCUT2D eigenvalue weighted by molar-refractivity contribution is 0.618. The van der Waals surface area contributed by atoms with E-state index in [2.05, 4.69) is 5.32 Å². The molecule has 21 heavy (non-hydrogen) atoms. The van der Waals surface area contributed by atoms with Crippen molar-refractivity contribution in [1.29, 1.82) is 0 Å². The summed E-state index contributed by atoms with van der Waals surface area (Å²) in [7, 11) is 1.80. The van der Waals surface area contributed by atoms with E-state index in [9.17, 15) is 8.78 Å². The summed E-state index contributed by atoms with van der Waals surface area (Å²) >= 11 is 0. The summed E-state index contributed by atoms with van der Waals surface area (Å²) in [6.45, 7) is 0.594. The summed E-state index contributed by atoms with van der Waals surface area (Å²) in [6, 6.07) is 11.8. The van der Waals surface area contributed by atoms with E-state index in [4.69, 9.17) is 0 Å². The molecular formula is C17H18F2N2. The van der Waals surface area contributed by atoms with E-state index in [-0.39, 0.29) is 11.6 Å². The minimum Gasteiger partial charge on any atom is -0.342 e. The summed E-state index contributed by atoms with van der Waals surface area (Å²) in [4.78, 5) is 1.76. The molecule has 110 valence electrons. The molecule has 0 unspecified atom stereocenters. The predicted molar refractivity (Wildman–Crippen MR) is 80.7 cm³/mol. The first-order valence-corrected chi connectivity index (χ1v) is 7.15.